The van der Waals surface area contributed by atoms with E-state index in [0.29, 0.717) is 0 Å². The van der Waals surface area contributed by atoms with Crippen LogP contribution in [-0.4, -0.2) is 24.2 Å². The third-order valence-corrected chi connectivity index (χ3v) is 5.86. The number of benzene rings is 3. The topological polar surface area (TPSA) is 60.3 Å². The second-order valence-electron chi connectivity index (χ2n) is 7.96. The van der Waals surface area contributed by atoms with Gasteiger partial charge in [0.05, 0.1) is 14.2 Å². The molecule has 0 aliphatic rings. The average molecular weight is 439 g/mol. The summed E-state index contributed by atoms with van der Waals surface area (Å²) in [6.45, 7) is 0. The van der Waals surface area contributed by atoms with Crippen LogP contribution in [0.4, 0.5) is 0 Å². The summed E-state index contributed by atoms with van der Waals surface area (Å²) >= 11 is 0. The van der Waals surface area contributed by atoms with Crippen LogP contribution in [0.5, 0.6) is 11.5 Å². The molecule has 0 bridgehead atoms. The fraction of sp³-hybridized carbons (Fsp3) is 0.179. The minimum atomic E-state index is 0.727. The molecule has 33 heavy (non-hydrogen) atoms. The lowest BCUT2D eigenvalue weighted by Crippen LogP contribution is -1.90. The number of oxazole rings is 1. The van der Waals surface area contributed by atoms with E-state index in [0.717, 1.165) is 59.2 Å². The first-order chi connectivity index (χ1) is 16.2. The number of aromatic nitrogens is 2. The summed E-state index contributed by atoms with van der Waals surface area (Å²) < 4.78 is 17.2. The van der Waals surface area contributed by atoms with Gasteiger partial charge in [0.25, 0.3) is 0 Å². The molecule has 0 fully saturated rings. The van der Waals surface area contributed by atoms with Gasteiger partial charge in [-0.15, -0.1) is 0 Å². The Bertz CT molecular complexity index is 1320. The molecule has 0 unspecified atom stereocenters. The molecule has 2 aromatic heterocycles. The number of fused-ring (bicyclic) bond motifs is 1. The van der Waals surface area contributed by atoms with E-state index < -0.39 is 0 Å². The first kappa shape index (κ1) is 20.9. The monoisotopic (exact) mass is 438 g/mol. The Balaban J connectivity index is 1.44. The van der Waals surface area contributed by atoms with Crippen LogP contribution in [0.15, 0.2) is 83.4 Å². The van der Waals surface area contributed by atoms with Gasteiger partial charge in [0.15, 0.2) is 11.7 Å². The second-order valence-corrected chi connectivity index (χ2v) is 7.96. The van der Waals surface area contributed by atoms with Crippen molar-refractivity contribution in [3.05, 3.63) is 90.4 Å². The maximum atomic E-state index is 6.32. The van der Waals surface area contributed by atoms with Crippen molar-refractivity contribution in [2.24, 2.45) is 0 Å². The van der Waals surface area contributed by atoms with Crippen molar-refractivity contribution < 1.29 is 13.9 Å². The molecule has 0 radical (unpaired) electrons. The molecule has 5 nitrogen and oxygen atoms in total. The molecule has 5 aromatic rings. The van der Waals surface area contributed by atoms with Gasteiger partial charge < -0.3 is 18.9 Å². The van der Waals surface area contributed by atoms with E-state index in [-0.39, 0.29) is 0 Å². The van der Waals surface area contributed by atoms with E-state index in [4.69, 9.17) is 18.9 Å². The molecule has 0 aliphatic heterocycles. The number of nitrogens with one attached hydrogen (secondary N) is 1. The van der Waals surface area contributed by atoms with Crippen LogP contribution in [-0.2, 0) is 12.8 Å². The Morgan fingerprint density at radius 2 is 1.55 bits per heavy atom. The van der Waals surface area contributed by atoms with Gasteiger partial charge in [-0.2, -0.15) is 0 Å². The third-order valence-electron chi connectivity index (χ3n) is 5.86. The lowest BCUT2D eigenvalue weighted by Gasteiger charge is -2.05. The van der Waals surface area contributed by atoms with E-state index in [9.17, 15) is 0 Å². The van der Waals surface area contributed by atoms with E-state index in [2.05, 4.69) is 35.4 Å². The SMILES string of the molecule is COc1cccc(-c2nc(CCCc3c[nH]c4ccccc34)oc2-c2cccc(OC)c2)c1. The Morgan fingerprint density at radius 3 is 2.33 bits per heavy atom. The molecule has 0 aliphatic carbocycles. The number of rotatable bonds is 8. The van der Waals surface area contributed by atoms with Crippen LogP contribution in [0, 0.1) is 0 Å². The molecule has 0 atom stereocenters. The smallest absolute Gasteiger partial charge is 0.195 e. The minimum absolute atomic E-state index is 0.727. The summed E-state index contributed by atoms with van der Waals surface area (Å²) in [5.41, 5.74) is 5.19. The number of nitrogens with zero attached hydrogens (tertiary/aromatic N) is 1. The summed E-state index contributed by atoms with van der Waals surface area (Å²) in [7, 11) is 3.33. The van der Waals surface area contributed by atoms with Crippen molar-refractivity contribution in [2.75, 3.05) is 14.2 Å². The molecular formula is C28H26N2O3. The van der Waals surface area contributed by atoms with E-state index >= 15 is 0 Å². The summed E-state index contributed by atoms with van der Waals surface area (Å²) in [5, 5.41) is 1.28. The van der Waals surface area contributed by atoms with Gasteiger partial charge in [-0.1, -0.05) is 42.5 Å². The van der Waals surface area contributed by atoms with Gasteiger partial charge >= 0.3 is 0 Å². The summed E-state index contributed by atoms with van der Waals surface area (Å²) in [6, 6.07) is 24.2. The number of H-pyrrole nitrogens is 1. The molecule has 5 heteroatoms. The maximum absolute atomic E-state index is 6.32. The van der Waals surface area contributed by atoms with Crippen LogP contribution < -0.4 is 9.47 Å². The number of methoxy groups -OCH3 is 2. The summed E-state index contributed by atoms with van der Waals surface area (Å²) in [6.07, 6.45) is 4.75. The van der Waals surface area contributed by atoms with Gasteiger partial charge in [-0.25, -0.2) is 4.98 Å². The number of ether oxygens (including phenoxy) is 2. The van der Waals surface area contributed by atoms with Crippen molar-refractivity contribution in [2.45, 2.75) is 19.3 Å². The Labute approximate surface area is 193 Å². The van der Waals surface area contributed by atoms with Crippen molar-refractivity contribution in [3.63, 3.8) is 0 Å². The highest BCUT2D eigenvalue weighted by molar-refractivity contribution is 5.83. The third kappa shape index (κ3) is 4.35. The molecule has 0 amide bonds. The molecule has 3 aromatic carbocycles. The van der Waals surface area contributed by atoms with Crippen molar-refractivity contribution in [1.82, 2.24) is 9.97 Å². The molecule has 1 N–H and O–H groups in total. The summed E-state index contributed by atoms with van der Waals surface area (Å²) in [4.78, 5) is 8.25. The predicted molar refractivity (Wildman–Crippen MR) is 131 cm³/mol. The van der Waals surface area contributed by atoms with Gasteiger partial charge in [0.2, 0.25) is 0 Å². The molecule has 0 saturated heterocycles. The minimum Gasteiger partial charge on any atom is -0.497 e. The molecule has 0 saturated carbocycles. The predicted octanol–water partition coefficient (Wildman–Crippen LogP) is 6.68. The molecule has 5 rings (SSSR count). The van der Waals surface area contributed by atoms with Crippen molar-refractivity contribution in [1.29, 1.82) is 0 Å². The summed E-state index contributed by atoms with van der Waals surface area (Å²) in [5.74, 6) is 3.03. The van der Waals surface area contributed by atoms with Gasteiger partial charge in [-0.05, 0) is 48.7 Å². The molecule has 2 heterocycles. The Hall–Kier alpha value is -3.99. The molecule has 166 valence electrons. The Morgan fingerprint density at radius 1 is 0.818 bits per heavy atom. The van der Waals surface area contributed by atoms with Crippen LogP contribution >= 0.6 is 0 Å². The number of para-hydroxylation sites is 1. The lowest BCUT2D eigenvalue weighted by atomic mass is 10.1. The number of aromatic amines is 1. The maximum Gasteiger partial charge on any atom is 0.195 e. The molecular weight excluding hydrogens is 412 g/mol. The quantitative estimate of drug-likeness (QED) is 0.293. The first-order valence-electron chi connectivity index (χ1n) is 11.1. The average Bonchev–Trinajstić information content (AvgIpc) is 3.49. The largest absolute Gasteiger partial charge is 0.497 e. The number of aryl methyl sites for hydroxylation is 2. The van der Waals surface area contributed by atoms with E-state index in [1.165, 1.54) is 16.5 Å². The van der Waals surface area contributed by atoms with Crippen LogP contribution in [0.3, 0.4) is 0 Å². The van der Waals surface area contributed by atoms with E-state index in [1.54, 1.807) is 14.2 Å². The lowest BCUT2D eigenvalue weighted by molar-refractivity contribution is 0.414. The highest BCUT2D eigenvalue weighted by Gasteiger charge is 2.18. The fourth-order valence-corrected chi connectivity index (χ4v) is 4.17. The highest BCUT2D eigenvalue weighted by atomic mass is 16.5. The van der Waals surface area contributed by atoms with Gasteiger partial charge in [0, 0.05) is 34.6 Å². The van der Waals surface area contributed by atoms with E-state index in [1.807, 2.05) is 48.5 Å². The second kappa shape index (κ2) is 9.25. The van der Waals surface area contributed by atoms with Gasteiger partial charge in [0.1, 0.15) is 17.2 Å². The normalized spacial score (nSPS) is 11.1. The fourth-order valence-electron chi connectivity index (χ4n) is 4.17. The standard InChI is InChI=1S/C28H26N2O3/c1-31-22-11-5-8-19(16-22)27-28(20-9-6-12-23(17-20)32-2)33-26(30-27)15-7-10-21-18-29-25-14-4-3-13-24(21)25/h3-6,8-9,11-14,16-18,29H,7,10,15H2,1-2H3. The highest BCUT2D eigenvalue weighted by Crippen LogP contribution is 2.35. The van der Waals surface area contributed by atoms with Gasteiger partial charge in [-0.3, -0.25) is 0 Å². The van der Waals surface area contributed by atoms with Crippen molar-refractivity contribution >= 4 is 10.9 Å². The number of hydrogen-bond donors (Lipinski definition) is 1. The first-order valence-corrected chi connectivity index (χ1v) is 11.1. The zero-order valence-corrected chi connectivity index (χ0v) is 18.8. The van der Waals surface area contributed by atoms with Crippen LogP contribution in [0.2, 0.25) is 0 Å². The molecule has 0 spiro atoms. The van der Waals surface area contributed by atoms with Crippen molar-refractivity contribution in [3.8, 4) is 34.1 Å². The zero-order valence-electron chi connectivity index (χ0n) is 18.8. The van der Waals surface area contributed by atoms with Crippen LogP contribution in [0.1, 0.15) is 17.9 Å². The Kier molecular flexibility index (Phi) is 5.85. The zero-order chi connectivity index (χ0) is 22.6. The van der Waals surface area contributed by atoms with Crippen LogP contribution in [0.25, 0.3) is 33.5 Å². The number of hydrogen-bond acceptors (Lipinski definition) is 4.